The van der Waals surface area contributed by atoms with Gasteiger partial charge in [0.2, 0.25) is 0 Å². The van der Waals surface area contributed by atoms with Crippen LogP contribution in [0.5, 0.6) is 0 Å². The molecule has 0 unspecified atom stereocenters. The van der Waals surface area contributed by atoms with E-state index < -0.39 is 10.8 Å². The van der Waals surface area contributed by atoms with Gasteiger partial charge in [0.1, 0.15) is 0 Å². The molecule has 0 aliphatic rings. The molecule has 0 bridgehead atoms. The van der Waals surface area contributed by atoms with E-state index in [0.717, 1.165) is 10.2 Å². The molecule has 0 atom stereocenters. The molecule has 0 N–H and O–H groups in total. The molecule has 1 amide bonds. The quantitative estimate of drug-likeness (QED) is 0.344. The van der Waals surface area contributed by atoms with Gasteiger partial charge in [-0.25, -0.2) is 0 Å². The van der Waals surface area contributed by atoms with Crippen LogP contribution in [-0.2, 0) is 16.1 Å². The first-order valence-corrected chi connectivity index (χ1v) is 9.47. The van der Waals surface area contributed by atoms with Gasteiger partial charge < -0.3 is 9.30 Å². The number of nitro groups is 1. The highest BCUT2D eigenvalue weighted by molar-refractivity contribution is 7.16. The Labute approximate surface area is 169 Å². The van der Waals surface area contributed by atoms with Crippen LogP contribution in [0, 0.1) is 10.1 Å². The van der Waals surface area contributed by atoms with Crippen molar-refractivity contribution in [2.24, 2.45) is 4.99 Å². The topological polar surface area (TPSA) is 86.7 Å². The van der Waals surface area contributed by atoms with Gasteiger partial charge >= 0.3 is 0 Å². The Balaban J connectivity index is 1.91. The molecular weight excluding hydrogens is 402 g/mol. The normalized spacial score (nSPS) is 12.1. The summed E-state index contributed by atoms with van der Waals surface area (Å²) in [7, 11) is 1.60. The summed E-state index contributed by atoms with van der Waals surface area (Å²) in [6.45, 7) is 0.968. The SMILES string of the molecule is COCCn1c(=NC(=O)C=Cc2ccc([N+](=O)[O-])cc2)sc2cccc(Cl)c21. The van der Waals surface area contributed by atoms with Gasteiger partial charge in [0.05, 0.1) is 26.8 Å². The standard InChI is InChI=1S/C19H16ClN3O4S/c1-27-12-11-22-18-15(20)3-2-4-16(18)28-19(22)21-17(24)10-7-13-5-8-14(9-6-13)23(25)26/h2-10H,11-12H2,1H3. The Hall–Kier alpha value is -2.81. The highest BCUT2D eigenvalue weighted by Gasteiger charge is 2.10. The fourth-order valence-corrected chi connectivity index (χ4v) is 3.99. The van der Waals surface area contributed by atoms with Crippen LogP contribution >= 0.6 is 22.9 Å². The lowest BCUT2D eigenvalue weighted by atomic mass is 10.2. The van der Waals surface area contributed by atoms with Gasteiger partial charge in [0, 0.05) is 31.9 Å². The maximum Gasteiger partial charge on any atom is 0.272 e. The molecule has 0 aliphatic carbocycles. The second-order valence-electron chi connectivity index (χ2n) is 5.75. The van der Waals surface area contributed by atoms with Crippen molar-refractivity contribution >= 4 is 50.8 Å². The molecule has 0 spiro atoms. The summed E-state index contributed by atoms with van der Waals surface area (Å²) in [4.78, 5) is 27.2. The summed E-state index contributed by atoms with van der Waals surface area (Å²) in [5, 5.41) is 11.3. The average Bonchev–Trinajstić information content (AvgIpc) is 3.03. The molecule has 0 fully saturated rings. The number of rotatable bonds is 6. The lowest BCUT2D eigenvalue weighted by Gasteiger charge is -2.05. The Bertz CT molecular complexity index is 1120. The van der Waals surface area contributed by atoms with E-state index in [1.165, 1.54) is 29.5 Å². The minimum atomic E-state index is -0.473. The molecule has 2 aromatic carbocycles. The number of fused-ring (bicyclic) bond motifs is 1. The maximum absolute atomic E-state index is 12.3. The molecule has 28 heavy (non-hydrogen) atoms. The lowest BCUT2D eigenvalue weighted by Crippen LogP contribution is -2.19. The third-order valence-corrected chi connectivity index (χ3v) is 5.25. The summed E-state index contributed by atoms with van der Waals surface area (Å²) in [5.74, 6) is -0.438. The van der Waals surface area contributed by atoms with E-state index in [9.17, 15) is 14.9 Å². The number of nitrogens with zero attached hydrogens (tertiary/aromatic N) is 3. The van der Waals surface area contributed by atoms with Crippen LogP contribution in [0.1, 0.15) is 5.56 Å². The van der Waals surface area contributed by atoms with E-state index in [0.29, 0.717) is 28.5 Å². The number of ether oxygens (including phenoxy) is 1. The van der Waals surface area contributed by atoms with Crippen molar-refractivity contribution in [3.05, 3.63) is 74.0 Å². The smallest absolute Gasteiger partial charge is 0.272 e. The number of thiazole rings is 1. The molecule has 144 valence electrons. The van der Waals surface area contributed by atoms with E-state index in [1.807, 2.05) is 16.7 Å². The highest BCUT2D eigenvalue weighted by atomic mass is 35.5. The maximum atomic E-state index is 12.3. The van der Waals surface area contributed by atoms with Gasteiger partial charge in [-0.2, -0.15) is 4.99 Å². The highest BCUT2D eigenvalue weighted by Crippen LogP contribution is 2.25. The second kappa shape index (κ2) is 8.92. The van der Waals surface area contributed by atoms with Crippen LogP contribution in [0.25, 0.3) is 16.3 Å². The number of hydrogen-bond donors (Lipinski definition) is 0. The van der Waals surface area contributed by atoms with Crippen LogP contribution in [0.4, 0.5) is 5.69 Å². The van der Waals surface area contributed by atoms with Crippen molar-refractivity contribution in [3.8, 4) is 0 Å². The summed E-state index contributed by atoms with van der Waals surface area (Å²) < 4.78 is 7.94. The van der Waals surface area contributed by atoms with Gasteiger partial charge in [-0.15, -0.1) is 0 Å². The predicted molar refractivity (Wildman–Crippen MR) is 109 cm³/mol. The number of hydrogen-bond acceptors (Lipinski definition) is 5. The Morgan fingerprint density at radius 2 is 2.07 bits per heavy atom. The molecule has 0 saturated heterocycles. The van der Waals surface area contributed by atoms with Gasteiger partial charge in [-0.05, 0) is 35.9 Å². The van der Waals surface area contributed by atoms with E-state index in [1.54, 1.807) is 31.4 Å². The van der Waals surface area contributed by atoms with Gasteiger partial charge in [0.15, 0.2) is 4.80 Å². The van der Waals surface area contributed by atoms with Crippen molar-refractivity contribution < 1.29 is 14.5 Å². The number of amides is 1. The summed E-state index contributed by atoms with van der Waals surface area (Å²) >= 11 is 7.69. The molecule has 1 heterocycles. The number of para-hydroxylation sites is 1. The summed E-state index contributed by atoms with van der Waals surface area (Å²) in [6.07, 6.45) is 2.89. The molecule has 3 aromatic rings. The number of halogens is 1. The fourth-order valence-electron chi connectivity index (χ4n) is 2.57. The van der Waals surface area contributed by atoms with Crippen LogP contribution < -0.4 is 4.80 Å². The lowest BCUT2D eigenvalue weighted by molar-refractivity contribution is -0.384. The number of methoxy groups -OCH3 is 1. The van der Waals surface area contributed by atoms with Gasteiger partial charge in [-0.3, -0.25) is 14.9 Å². The Morgan fingerprint density at radius 3 is 2.75 bits per heavy atom. The Kier molecular flexibility index (Phi) is 6.35. The van der Waals surface area contributed by atoms with Gasteiger partial charge in [0.25, 0.3) is 11.6 Å². The number of carbonyl (C=O) groups is 1. The zero-order valence-corrected chi connectivity index (χ0v) is 16.4. The van der Waals surface area contributed by atoms with Crippen molar-refractivity contribution in [1.29, 1.82) is 0 Å². The van der Waals surface area contributed by atoms with Crippen LogP contribution in [-0.4, -0.2) is 29.1 Å². The fraction of sp³-hybridized carbons (Fsp3) is 0.158. The molecule has 0 radical (unpaired) electrons. The first-order chi connectivity index (χ1) is 13.5. The van der Waals surface area contributed by atoms with E-state index in [4.69, 9.17) is 16.3 Å². The predicted octanol–water partition coefficient (Wildman–Crippen LogP) is 4.05. The molecule has 0 aliphatic heterocycles. The number of non-ortho nitro benzene ring substituents is 1. The van der Waals surface area contributed by atoms with Gasteiger partial charge in [-0.1, -0.05) is 29.0 Å². The van der Waals surface area contributed by atoms with Crippen molar-refractivity contribution in [2.75, 3.05) is 13.7 Å². The van der Waals surface area contributed by atoms with Crippen molar-refractivity contribution in [2.45, 2.75) is 6.54 Å². The largest absolute Gasteiger partial charge is 0.383 e. The average molecular weight is 418 g/mol. The van der Waals surface area contributed by atoms with Crippen molar-refractivity contribution in [1.82, 2.24) is 4.57 Å². The summed E-state index contributed by atoms with van der Waals surface area (Å²) in [5.41, 5.74) is 1.48. The first-order valence-electron chi connectivity index (χ1n) is 8.27. The molecule has 9 heteroatoms. The summed E-state index contributed by atoms with van der Waals surface area (Å²) in [6, 6.07) is 11.5. The molecule has 7 nitrogen and oxygen atoms in total. The molecule has 1 aromatic heterocycles. The minimum absolute atomic E-state index is 0.00509. The number of aromatic nitrogens is 1. The minimum Gasteiger partial charge on any atom is -0.383 e. The van der Waals surface area contributed by atoms with Crippen molar-refractivity contribution in [3.63, 3.8) is 0 Å². The number of benzene rings is 2. The van der Waals surface area contributed by atoms with Crippen LogP contribution in [0.3, 0.4) is 0 Å². The zero-order chi connectivity index (χ0) is 20.1. The number of nitro benzene ring substituents is 1. The van der Waals surface area contributed by atoms with Crippen LogP contribution in [0.15, 0.2) is 53.5 Å². The molecule has 3 rings (SSSR count). The zero-order valence-electron chi connectivity index (χ0n) is 14.9. The van der Waals surface area contributed by atoms with Crippen LogP contribution in [0.2, 0.25) is 5.02 Å². The molecule has 0 saturated carbocycles. The third-order valence-electron chi connectivity index (χ3n) is 3.90. The van der Waals surface area contributed by atoms with E-state index in [-0.39, 0.29) is 5.69 Å². The monoisotopic (exact) mass is 417 g/mol. The van der Waals surface area contributed by atoms with E-state index in [2.05, 4.69) is 4.99 Å². The number of carbonyl (C=O) groups excluding carboxylic acids is 1. The first kappa shape index (κ1) is 19.9. The second-order valence-corrected chi connectivity index (χ2v) is 7.16. The third kappa shape index (κ3) is 4.53. The Morgan fingerprint density at radius 1 is 1.32 bits per heavy atom. The van der Waals surface area contributed by atoms with E-state index >= 15 is 0 Å². The molecular formula is C19H16ClN3O4S.